The lowest BCUT2D eigenvalue weighted by Gasteiger charge is -2.43. The summed E-state index contributed by atoms with van der Waals surface area (Å²) in [5, 5.41) is 0. The van der Waals surface area contributed by atoms with Gasteiger partial charge in [-0.25, -0.2) is 0 Å². The standard InChI is InChI=1S/C11H20N2O3/c1-11(10(12)14)8-13(4-7-16-11)9-2-5-15-6-3-9/h9H,2-8H2,1H3,(H2,12,14). The molecule has 2 fully saturated rings. The van der Waals surface area contributed by atoms with Gasteiger partial charge in [0, 0.05) is 32.3 Å². The first-order valence-corrected chi connectivity index (χ1v) is 5.87. The van der Waals surface area contributed by atoms with Crippen LogP contribution in [0.3, 0.4) is 0 Å². The lowest BCUT2D eigenvalue weighted by Crippen LogP contribution is -2.59. The van der Waals surface area contributed by atoms with Crippen LogP contribution in [0.2, 0.25) is 0 Å². The molecule has 92 valence electrons. The first-order valence-electron chi connectivity index (χ1n) is 5.87. The van der Waals surface area contributed by atoms with Gasteiger partial charge in [0.05, 0.1) is 6.61 Å². The van der Waals surface area contributed by atoms with Gasteiger partial charge in [-0.05, 0) is 19.8 Å². The third kappa shape index (κ3) is 2.36. The minimum absolute atomic E-state index is 0.371. The highest BCUT2D eigenvalue weighted by Crippen LogP contribution is 2.23. The van der Waals surface area contributed by atoms with Gasteiger partial charge in [0.15, 0.2) is 5.60 Å². The zero-order valence-electron chi connectivity index (χ0n) is 9.78. The fourth-order valence-corrected chi connectivity index (χ4v) is 2.41. The monoisotopic (exact) mass is 228 g/mol. The number of hydrogen-bond donors (Lipinski definition) is 1. The number of rotatable bonds is 2. The van der Waals surface area contributed by atoms with E-state index in [9.17, 15) is 4.79 Å². The van der Waals surface area contributed by atoms with Crippen LogP contribution in [0.15, 0.2) is 0 Å². The Kier molecular flexibility index (Phi) is 3.47. The van der Waals surface area contributed by atoms with E-state index in [1.165, 1.54) is 0 Å². The van der Waals surface area contributed by atoms with Gasteiger partial charge < -0.3 is 15.2 Å². The van der Waals surface area contributed by atoms with Crippen LogP contribution in [0, 0.1) is 0 Å². The van der Waals surface area contributed by atoms with Crippen molar-refractivity contribution in [1.82, 2.24) is 4.90 Å². The number of hydrogen-bond acceptors (Lipinski definition) is 4. The Bertz CT molecular complexity index is 266. The van der Waals surface area contributed by atoms with Gasteiger partial charge in [-0.1, -0.05) is 0 Å². The van der Waals surface area contributed by atoms with E-state index >= 15 is 0 Å². The maximum absolute atomic E-state index is 11.4. The molecule has 2 saturated heterocycles. The number of ether oxygens (including phenoxy) is 2. The molecular formula is C11H20N2O3. The third-order valence-corrected chi connectivity index (χ3v) is 3.53. The Labute approximate surface area is 95.9 Å². The Morgan fingerprint density at radius 3 is 2.69 bits per heavy atom. The Morgan fingerprint density at radius 2 is 2.06 bits per heavy atom. The van der Waals surface area contributed by atoms with E-state index in [0.29, 0.717) is 19.2 Å². The van der Waals surface area contributed by atoms with Crippen molar-refractivity contribution in [2.75, 3.05) is 32.9 Å². The fraction of sp³-hybridized carbons (Fsp3) is 0.909. The smallest absolute Gasteiger partial charge is 0.250 e. The molecule has 2 aliphatic rings. The van der Waals surface area contributed by atoms with Crippen LogP contribution in [0.4, 0.5) is 0 Å². The molecule has 2 heterocycles. The summed E-state index contributed by atoms with van der Waals surface area (Å²) in [6.45, 7) is 5.47. The summed E-state index contributed by atoms with van der Waals surface area (Å²) in [6, 6.07) is 0.510. The second-order valence-electron chi connectivity index (χ2n) is 4.76. The summed E-state index contributed by atoms with van der Waals surface area (Å²) < 4.78 is 10.8. The number of primary amides is 1. The molecule has 0 saturated carbocycles. The first-order chi connectivity index (χ1) is 7.62. The summed E-state index contributed by atoms with van der Waals surface area (Å²) in [7, 11) is 0. The number of carbonyl (C=O) groups excluding carboxylic acids is 1. The maximum Gasteiger partial charge on any atom is 0.250 e. The molecule has 2 N–H and O–H groups in total. The van der Waals surface area contributed by atoms with Crippen molar-refractivity contribution in [2.45, 2.75) is 31.4 Å². The van der Waals surface area contributed by atoms with Gasteiger partial charge in [0.2, 0.25) is 0 Å². The molecule has 5 nitrogen and oxygen atoms in total. The molecule has 1 amide bonds. The second-order valence-corrected chi connectivity index (χ2v) is 4.76. The quantitative estimate of drug-likeness (QED) is 0.707. The number of morpholine rings is 1. The lowest BCUT2D eigenvalue weighted by molar-refractivity contribution is -0.157. The fourth-order valence-electron chi connectivity index (χ4n) is 2.41. The minimum atomic E-state index is -0.823. The highest BCUT2D eigenvalue weighted by atomic mass is 16.5. The van der Waals surface area contributed by atoms with Gasteiger partial charge in [0.1, 0.15) is 0 Å². The molecule has 16 heavy (non-hydrogen) atoms. The molecule has 5 heteroatoms. The van der Waals surface area contributed by atoms with Crippen molar-refractivity contribution in [3.63, 3.8) is 0 Å². The van der Waals surface area contributed by atoms with Crippen LogP contribution in [0.1, 0.15) is 19.8 Å². The molecule has 2 rings (SSSR count). The second kappa shape index (κ2) is 4.69. The first kappa shape index (κ1) is 11.8. The van der Waals surface area contributed by atoms with Crippen LogP contribution in [0.5, 0.6) is 0 Å². The molecular weight excluding hydrogens is 208 g/mol. The summed E-state index contributed by atoms with van der Waals surface area (Å²) in [5.74, 6) is -0.371. The van der Waals surface area contributed by atoms with E-state index in [0.717, 1.165) is 32.6 Å². The Balaban J connectivity index is 1.98. The van der Waals surface area contributed by atoms with Gasteiger partial charge in [0.25, 0.3) is 5.91 Å². The normalized spacial score (nSPS) is 33.8. The average Bonchev–Trinajstić information content (AvgIpc) is 2.30. The molecule has 0 aliphatic carbocycles. The zero-order valence-corrected chi connectivity index (χ0v) is 9.78. The van der Waals surface area contributed by atoms with Crippen molar-refractivity contribution in [1.29, 1.82) is 0 Å². The van der Waals surface area contributed by atoms with Crippen molar-refractivity contribution >= 4 is 5.91 Å². The summed E-state index contributed by atoms with van der Waals surface area (Å²) >= 11 is 0. The molecule has 2 aliphatic heterocycles. The number of carbonyl (C=O) groups is 1. The van der Waals surface area contributed by atoms with E-state index in [1.807, 2.05) is 0 Å². The van der Waals surface area contributed by atoms with E-state index in [1.54, 1.807) is 6.92 Å². The van der Waals surface area contributed by atoms with Crippen LogP contribution in [-0.4, -0.2) is 55.4 Å². The van der Waals surface area contributed by atoms with E-state index in [4.69, 9.17) is 15.2 Å². The summed E-state index contributed by atoms with van der Waals surface area (Å²) in [5.41, 5.74) is 4.56. The van der Waals surface area contributed by atoms with Crippen molar-refractivity contribution in [3.8, 4) is 0 Å². The topological polar surface area (TPSA) is 64.8 Å². The predicted molar refractivity (Wildman–Crippen MR) is 59.0 cm³/mol. The molecule has 0 aromatic carbocycles. The van der Waals surface area contributed by atoms with E-state index in [-0.39, 0.29) is 5.91 Å². The molecule has 1 atom stereocenters. The largest absolute Gasteiger partial charge is 0.381 e. The van der Waals surface area contributed by atoms with Gasteiger partial charge in [-0.2, -0.15) is 0 Å². The summed E-state index contributed by atoms with van der Waals surface area (Å²) in [6.07, 6.45) is 2.07. The Hall–Kier alpha value is -0.650. The molecule has 1 unspecified atom stereocenters. The summed E-state index contributed by atoms with van der Waals surface area (Å²) in [4.78, 5) is 13.7. The molecule has 0 bridgehead atoms. The molecule has 0 aromatic heterocycles. The third-order valence-electron chi connectivity index (χ3n) is 3.53. The van der Waals surface area contributed by atoms with Gasteiger partial charge in [-0.3, -0.25) is 9.69 Å². The van der Waals surface area contributed by atoms with Crippen molar-refractivity contribution < 1.29 is 14.3 Å². The van der Waals surface area contributed by atoms with Crippen LogP contribution in [0.25, 0.3) is 0 Å². The van der Waals surface area contributed by atoms with Gasteiger partial charge in [-0.15, -0.1) is 0 Å². The van der Waals surface area contributed by atoms with Crippen LogP contribution < -0.4 is 5.73 Å². The minimum Gasteiger partial charge on any atom is -0.381 e. The molecule has 0 aromatic rings. The number of nitrogens with zero attached hydrogens (tertiary/aromatic N) is 1. The van der Waals surface area contributed by atoms with Gasteiger partial charge >= 0.3 is 0 Å². The maximum atomic E-state index is 11.4. The Morgan fingerprint density at radius 1 is 1.38 bits per heavy atom. The highest BCUT2D eigenvalue weighted by Gasteiger charge is 2.39. The van der Waals surface area contributed by atoms with E-state index < -0.39 is 5.60 Å². The predicted octanol–water partition coefficient (Wildman–Crippen LogP) is -0.258. The zero-order chi connectivity index (χ0) is 11.6. The molecule has 0 radical (unpaired) electrons. The van der Waals surface area contributed by atoms with Crippen molar-refractivity contribution in [3.05, 3.63) is 0 Å². The molecule has 0 spiro atoms. The SMILES string of the molecule is CC1(C(N)=O)CN(C2CCOCC2)CCO1. The van der Waals surface area contributed by atoms with E-state index in [2.05, 4.69) is 4.90 Å². The number of amides is 1. The average molecular weight is 228 g/mol. The van der Waals surface area contributed by atoms with Crippen LogP contribution in [-0.2, 0) is 14.3 Å². The number of nitrogens with two attached hydrogens (primary N) is 1. The highest BCUT2D eigenvalue weighted by molar-refractivity contribution is 5.83. The van der Waals surface area contributed by atoms with Crippen molar-refractivity contribution in [2.24, 2.45) is 5.73 Å². The van der Waals surface area contributed by atoms with Crippen LogP contribution >= 0.6 is 0 Å². The lowest BCUT2D eigenvalue weighted by atomic mass is 9.99.